The highest BCUT2D eigenvalue weighted by Gasteiger charge is 2.19. The summed E-state index contributed by atoms with van der Waals surface area (Å²) in [6.07, 6.45) is 0. The number of carbonyl (C=O) groups is 2. The number of carbonyl (C=O) groups excluding carboxylic acids is 2. The third-order valence-corrected chi connectivity index (χ3v) is 3.93. The van der Waals surface area contributed by atoms with E-state index in [9.17, 15) is 9.59 Å². The van der Waals surface area contributed by atoms with E-state index in [0.717, 1.165) is 0 Å². The standard InChI is InChI=1S/C18H17ClN2O4/c1-2-20-17(22)11-3-5-12(6-4-11)21-18(23)13-9-15-16(10-14(13)19)25-8-7-24-15/h3-6,9-10H,2,7-8H2,1H3,(H,20,22)(H,21,23). The number of hydrogen-bond acceptors (Lipinski definition) is 4. The summed E-state index contributed by atoms with van der Waals surface area (Å²) in [7, 11) is 0. The van der Waals surface area contributed by atoms with E-state index in [4.69, 9.17) is 21.1 Å². The first kappa shape index (κ1) is 17.1. The first-order valence-corrected chi connectivity index (χ1v) is 8.25. The molecule has 0 saturated heterocycles. The molecule has 2 aromatic carbocycles. The van der Waals surface area contributed by atoms with Crippen LogP contribution in [-0.2, 0) is 0 Å². The minimum atomic E-state index is -0.368. The van der Waals surface area contributed by atoms with Gasteiger partial charge in [-0.05, 0) is 37.3 Å². The average molecular weight is 361 g/mol. The zero-order valence-electron chi connectivity index (χ0n) is 13.6. The van der Waals surface area contributed by atoms with Crippen molar-refractivity contribution in [1.82, 2.24) is 5.32 Å². The largest absolute Gasteiger partial charge is 0.486 e. The van der Waals surface area contributed by atoms with Gasteiger partial charge in [0.05, 0.1) is 10.6 Å². The van der Waals surface area contributed by atoms with Crippen LogP contribution in [0.1, 0.15) is 27.6 Å². The highest BCUT2D eigenvalue weighted by Crippen LogP contribution is 2.35. The van der Waals surface area contributed by atoms with Gasteiger partial charge in [0, 0.05) is 23.9 Å². The number of nitrogens with one attached hydrogen (secondary N) is 2. The summed E-state index contributed by atoms with van der Waals surface area (Å²) in [4.78, 5) is 24.2. The third kappa shape index (κ3) is 3.85. The van der Waals surface area contributed by atoms with Crippen LogP contribution in [-0.4, -0.2) is 31.6 Å². The van der Waals surface area contributed by atoms with Gasteiger partial charge in [-0.2, -0.15) is 0 Å². The summed E-state index contributed by atoms with van der Waals surface area (Å²) in [5, 5.41) is 5.75. The summed E-state index contributed by atoms with van der Waals surface area (Å²) in [6, 6.07) is 9.75. The SMILES string of the molecule is CCNC(=O)c1ccc(NC(=O)c2cc3c(cc2Cl)OCCO3)cc1. The molecule has 2 aromatic rings. The summed E-state index contributed by atoms with van der Waals surface area (Å²) in [5.74, 6) is 0.495. The molecule has 0 atom stereocenters. The molecule has 130 valence electrons. The van der Waals surface area contributed by atoms with Gasteiger partial charge in [0.25, 0.3) is 11.8 Å². The second-order valence-electron chi connectivity index (χ2n) is 5.37. The van der Waals surface area contributed by atoms with Crippen molar-refractivity contribution in [2.24, 2.45) is 0 Å². The fourth-order valence-electron chi connectivity index (χ4n) is 2.40. The van der Waals surface area contributed by atoms with Crippen molar-refractivity contribution < 1.29 is 19.1 Å². The van der Waals surface area contributed by atoms with Gasteiger partial charge in [-0.25, -0.2) is 0 Å². The van der Waals surface area contributed by atoms with Gasteiger partial charge in [0.2, 0.25) is 0 Å². The van der Waals surface area contributed by atoms with Crippen molar-refractivity contribution in [2.45, 2.75) is 6.92 Å². The number of fused-ring (bicyclic) bond motifs is 1. The van der Waals surface area contributed by atoms with E-state index < -0.39 is 0 Å². The summed E-state index contributed by atoms with van der Waals surface area (Å²) >= 11 is 6.17. The van der Waals surface area contributed by atoms with E-state index in [1.165, 1.54) is 0 Å². The molecule has 0 aromatic heterocycles. The number of rotatable bonds is 4. The lowest BCUT2D eigenvalue weighted by atomic mass is 10.1. The molecule has 1 aliphatic rings. The molecule has 0 saturated carbocycles. The maximum atomic E-state index is 12.5. The number of amides is 2. The maximum absolute atomic E-state index is 12.5. The Bertz CT molecular complexity index is 805. The van der Waals surface area contributed by atoms with Gasteiger partial charge in [0.15, 0.2) is 11.5 Å². The molecule has 7 heteroatoms. The van der Waals surface area contributed by atoms with Crippen molar-refractivity contribution in [3.63, 3.8) is 0 Å². The third-order valence-electron chi connectivity index (χ3n) is 3.62. The topological polar surface area (TPSA) is 76.7 Å². The predicted octanol–water partition coefficient (Wildman–Crippen LogP) is 3.11. The van der Waals surface area contributed by atoms with Gasteiger partial charge < -0.3 is 20.1 Å². The second-order valence-corrected chi connectivity index (χ2v) is 5.77. The Labute approximate surface area is 150 Å². The Balaban J connectivity index is 1.75. The summed E-state index contributed by atoms with van der Waals surface area (Å²) < 4.78 is 10.9. The molecule has 2 amide bonds. The van der Waals surface area contributed by atoms with Gasteiger partial charge >= 0.3 is 0 Å². The number of hydrogen-bond donors (Lipinski definition) is 2. The number of anilines is 1. The van der Waals surface area contributed by atoms with E-state index in [-0.39, 0.29) is 16.8 Å². The maximum Gasteiger partial charge on any atom is 0.257 e. The van der Waals surface area contributed by atoms with E-state index in [0.29, 0.717) is 48.1 Å². The second kappa shape index (κ2) is 7.44. The highest BCUT2D eigenvalue weighted by molar-refractivity contribution is 6.34. The molecule has 2 N–H and O–H groups in total. The molecule has 6 nitrogen and oxygen atoms in total. The van der Waals surface area contributed by atoms with Crippen molar-refractivity contribution >= 4 is 29.1 Å². The highest BCUT2D eigenvalue weighted by atomic mass is 35.5. The molecule has 0 fully saturated rings. The van der Waals surface area contributed by atoms with Crippen LogP contribution in [0.15, 0.2) is 36.4 Å². The number of ether oxygens (including phenoxy) is 2. The lowest BCUT2D eigenvalue weighted by Crippen LogP contribution is -2.22. The van der Waals surface area contributed by atoms with E-state index in [1.807, 2.05) is 6.92 Å². The Kier molecular flexibility index (Phi) is 5.09. The molecule has 1 heterocycles. The fraction of sp³-hybridized carbons (Fsp3) is 0.222. The molecule has 0 bridgehead atoms. The van der Waals surface area contributed by atoms with Crippen LogP contribution in [0.25, 0.3) is 0 Å². The zero-order valence-corrected chi connectivity index (χ0v) is 14.4. The fourth-order valence-corrected chi connectivity index (χ4v) is 2.64. The Hall–Kier alpha value is -2.73. The molecule has 0 radical (unpaired) electrons. The van der Waals surface area contributed by atoms with Crippen LogP contribution in [0.3, 0.4) is 0 Å². The van der Waals surface area contributed by atoms with Crippen molar-refractivity contribution in [3.8, 4) is 11.5 Å². The van der Waals surface area contributed by atoms with Crippen LogP contribution in [0.4, 0.5) is 5.69 Å². The Morgan fingerprint density at radius 3 is 2.32 bits per heavy atom. The van der Waals surface area contributed by atoms with E-state index in [1.54, 1.807) is 36.4 Å². The first-order valence-electron chi connectivity index (χ1n) is 7.87. The molecule has 0 spiro atoms. The van der Waals surface area contributed by atoms with Crippen LogP contribution in [0, 0.1) is 0 Å². The molecule has 0 unspecified atom stereocenters. The first-order chi connectivity index (χ1) is 12.1. The number of halogens is 1. The van der Waals surface area contributed by atoms with Crippen molar-refractivity contribution in [2.75, 3.05) is 25.1 Å². The molecular weight excluding hydrogens is 344 g/mol. The summed E-state index contributed by atoms with van der Waals surface area (Å²) in [5.41, 5.74) is 1.37. The van der Waals surface area contributed by atoms with Gasteiger partial charge in [0.1, 0.15) is 13.2 Å². The van der Waals surface area contributed by atoms with Gasteiger partial charge in [-0.15, -0.1) is 0 Å². The van der Waals surface area contributed by atoms with Crippen LogP contribution in [0.2, 0.25) is 5.02 Å². The van der Waals surface area contributed by atoms with Gasteiger partial charge in [-0.3, -0.25) is 9.59 Å². The van der Waals surface area contributed by atoms with Crippen molar-refractivity contribution in [1.29, 1.82) is 0 Å². The minimum absolute atomic E-state index is 0.157. The monoisotopic (exact) mass is 360 g/mol. The quantitative estimate of drug-likeness (QED) is 0.878. The molecule has 0 aliphatic carbocycles. The Morgan fingerprint density at radius 1 is 1.04 bits per heavy atom. The smallest absolute Gasteiger partial charge is 0.257 e. The predicted molar refractivity (Wildman–Crippen MR) is 94.8 cm³/mol. The van der Waals surface area contributed by atoms with E-state index >= 15 is 0 Å². The van der Waals surface area contributed by atoms with Crippen molar-refractivity contribution in [3.05, 3.63) is 52.5 Å². The van der Waals surface area contributed by atoms with Crippen LogP contribution >= 0.6 is 11.6 Å². The number of benzene rings is 2. The lowest BCUT2D eigenvalue weighted by Gasteiger charge is -2.19. The van der Waals surface area contributed by atoms with E-state index in [2.05, 4.69) is 10.6 Å². The normalized spacial score (nSPS) is 12.4. The van der Waals surface area contributed by atoms with Crippen LogP contribution < -0.4 is 20.1 Å². The average Bonchev–Trinajstić information content (AvgIpc) is 2.62. The molecular formula is C18H17ClN2O4. The molecule has 3 rings (SSSR count). The zero-order chi connectivity index (χ0) is 17.8. The summed E-state index contributed by atoms with van der Waals surface area (Å²) in [6.45, 7) is 3.29. The Morgan fingerprint density at radius 2 is 1.68 bits per heavy atom. The lowest BCUT2D eigenvalue weighted by molar-refractivity contribution is 0.0955. The van der Waals surface area contributed by atoms with Gasteiger partial charge in [-0.1, -0.05) is 11.6 Å². The minimum Gasteiger partial charge on any atom is -0.486 e. The van der Waals surface area contributed by atoms with Crippen LogP contribution in [0.5, 0.6) is 11.5 Å². The molecule has 1 aliphatic heterocycles. The molecule has 25 heavy (non-hydrogen) atoms.